The Balaban J connectivity index is 0.00000128. The number of nitrogens with two attached hydrogens (primary N) is 1. The van der Waals surface area contributed by atoms with Crippen molar-refractivity contribution in [3.05, 3.63) is 34.1 Å². The zero-order valence-electron chi connectivity index (χ0n) is 8.96. The first-order valence-corrected chi connectivity index (χ1v) is 6.18. The minimum atomic E-state index is -0.183. The third kappa shape index (κ3) is 2.96. The molecule has 1 aliphatic rings. The lowest BCUT2D eigenvalue weighted by atomic mass is 9.92. The molecule has 1 saturated carbocycles. The van der Waals surface area contributed by atoms with Crippen LogP contribution in [0.5, 0.6) is 0 Å². The van der Waals surface area contributed by atoms with Gasteiger partial charge in [0.1, 0.15) is 5.82 Å². The third-order valence-electron chi connectivity index (χ3n) is 3.22. The first kappa shape index (κ1) is 13.9. The zero-order valence-corrected chi connectivity index (χ0v) is 11.4. The van der Waals surface area contributed by atoms with E-state index in [2.05, 4.69) is 15.9 Å². The molecule has 0 amide bonds. The Hall–Kier alpha value is -0.120. The molecule has 1 aromatic carbocycles. The fraction of sp³-hybridized carbons (Fsp3) is 0.500. The number of benzene rings is 1. The Kier molecular flexibility index (Phi) is 5.22. The lowest BCUT2D eigenvalue weighted by Gasteiger charge is -2.19. The second kappa shape index (κ2) is 5.99. The molecular formula is C12H16BrClFN. The van der Waals surface area contributed by atoms with Crippen LogP contribution < -0.4 is 5.73 Å². The van der Waals surface area contributed by atoms with Crippen LogP contribution in [0.2, 0.25) is 0 Å². The maximum Gasteiger partial charge on any atom is 0.128 e. The van der Waals surface area contributed by atoms with E-state index in [9.17, 15) is 4.39 Å². The molecule has 0 bridgehead atoms. The Morgan fingerprint density at radius 1 is 1.31 bits per heavy atom. The van der Waals surface area contributed by atoms with Gasteiger partial charge in [0, 0.05) is 16.1 Å². The Bertz CT molecular complexity index is 353. The van der Waals surface area contributed by atoms with Gasteiger partial charge in [0.05, 0.1) is 0 Å². The minimum absolute atomic E-state index is 0. The van der Waals surface area contributed by atoms with Crippen LogP contribution in [0.25, 0.3) is 0 Å². The molecule has 0 aliphatic heterocycles. The van der Waals surface area contributed by atoms with Gasteiger partial charge in [0.2, 0.25) is 0 Å². The smallest absolute Gasteiger partial charge is 0.128 e. The Morgan fingerprint density at radius 3 is 2.56 bits per heavy atom. The van der Waals surface area contributed by atoms with E-state index in [0.717, 1.165) is 17.3 Å². The largest absolute Gasteiger partial charge is 0.324 e. The summed E-state index contributed by atoms with van der Waals surface area (Å²) in [5.41, 5.74) is 6.76. The molecule has 90 valence electrons. The molecule has 0 radical (unpaired) electrons. The summed E-state index contributed by atoms with van der Waals surface area (Å²) in [6.07, 6.45) is 4.72. The van der Waals surface area contributed by atoms with Crippen LogP contribution in [0.1, 0.15) is 37.3 Å². The summed E-state index contributed by atoms with van der Waals surface area (Å²) < 4.78 is 14.5. The molecule has 1 fully saturated rings. The van der Waals surface area contributed by atoms with Crippen molar-refractivity contribution < 1.29 is 4.39 Å². The molecule has 1 aromatic rings. The van der Waals surface area contributed by atoms with Gasteiger partial charge in [0.15, 0.2) is 0 Å². The van der Waals surface area contributed by atoms with E-state index in [0.29, 0.717) is 11.5 Å². The summed E-state index contributed by atoms with van der Waals surface area (Å²) >= 11 is 3.35. The van der Waals surface area contributed by atoms with Gasteiger partial charge in [-0.2, -0.15) is 0 Å². The van der Waals surface area contributed by atoms with E-state index in [1.54, 1.807) is 12.1 Å². The molecule has 0 heterocycles. The summed E-state index contributed by atoms with van der Waals surface area (Å²) in [4.78, 5) is 0. The van der Waals surface area contributed by atoms with E-state index in [1.165, 1.54) is 18.9 Å². The quantitative estimate of drug-likeness (QED) is 0.870. The number of hydrogen-bond donors (Lipinski definition) is 1. The third-order valence-corrected chi connectivity index (χ3v) is 3.72. The van der Waals surface area contributed by atoms with Crippen molar-refractivity contribution >= 4 is 28.3 Å². The van der Waals surface area contributed by atoms with Crippen LogP contribution in [-0.2, 0) is 0 Å². The number of halogens is 3. The summed E-state index contributed by atoms with van der Waals surface area (Å²) in [5, 5.41) is 0. The molecular weight excluding hydrogens is 292 g/mol. The molecule has 2 N–H and O–H groups in total. The molecule has 1 atom stereocenters. The first-order chi connectivity index (χ1) is 7.18. The monoisotopic (exact) mass is 307 g/mol. The molecule has 16 heavy (non-hydrogen) atoms. The predicted octanol–water partition coefficient (Wildman–Crippen LogP) is 4.20. The molecule has 1 nitrogen and oxygen atoms in total. The van der Waals surface area contributed by atoms with E-state index >= 15 is 0 Å². The van der Waals surface area contributed by atoms with Gasteiger partial charge < -0.3 is 5.73 Å². The lowest BCUT2D eigenvalue weighted by molar-refractivity contribution is 0.429. The minimum Gasteiger partial charge on any atom is -0.324 e. The SMILES string of the molecule is Cl.N[C@@H](c1cc(Br)ccc1F)C1CCCC1. The normalized spacial score (nSPS) is 18.2. The van der Waals surface area contributed by atoms with Gasteiger partial charge in [0.25, 0.3) is 0 Å². The van der Waals surface area contributed by atoms with Gasteiger partial charge >= 0.3 is 0 Å². The molecule has 0 unspecified atom stereocenters. The fourth-order valence-corrected chi connectivity index (χ4v) is 2.72. The van der Waals surface area contributed by atoms with Crippen LogP contribution in [-0.4, -0.2) is 0 Å². The van der Waals surface area contributed by atoms with Crippen LogP contribution in [0, 0.1) is 11.7 Å². The first-order valence-electron chi connectivity index (χ1n) is 5.39. The second-order valence-corrected chi connectivity index (χ2v) is 5.15. The van der Waals surface area contributed by atoms with Crippen molar-refractivity contribution in [2.45, 2.75) is 31.7 Å². The van der Waals surface area contributed by atoms with Crippen molar-refractivity contribution in [1.82, 2.24) is 0 Å². The van der Waals surface area contributed by atoms with Gasteiger partial charge in [-0.1, -0.05) is 28.8 Å². The summed E-state index contributed by atoms with van der Waals surface area (Å²) in [6.45, 7) is 0. The summed E-state index contributed by atoms with van der Waals surface area (Å²) in [7, 11) is 0. The average Bonchev–Trinajstić information content (AvgIpc) is 2.74. The van der Waals surface area contributed by atoms with Gasteiger partial charge in [-0.3, -0.25) is 0 Å². The predicted molar refractivity (Wildman–Crippen MR) is 70.2 cm³/mol. The van der Waals surface area contributed by atoms with Crippen molar-refractivity contribution in [3.63, 3.8) is 0 Å². The molecule has 1 aliphatic carbocycles. The maximum atomic E-state index is 13.6. The van der Waals surface area contributed by atoms with Crippen molar-refractivity contribution in [2.75, 3.05) is 0 Å². The van der Waals surface area contributed by atoms with Gasteiger partial charge in [-0.15, -0.1) is 12.4 Å². The van der Waals surface area contributed by atoms with E-state index in [4.69, 9.17) is 5.73 Å². The zero-order chi connectivity index (χ0) is 10.8. The molecule has 0 saturated heterocycles. The average molecular weight is 309 g/mol. The van der Waals surface area contributed by atoms with Crippen LogP contribution in [0.3, 0.4) is 0 Å². The highest BCUT2D eigenvalue weighted by Crippen LogP contribution is 2.35. The summed E-state index contributed by atoms with van der Waals surface area (Å²) in [6, 6.07) is 4.84. The van der Waals surface area contributed by atoms with Crippen LogP contribution >= 0.6 is 28.3 Å². The molecule has 0 aromatic heterocycles. The summed E-state index contributed by atoms with van der Waals surface area (Å²) in [5.74, 6) is 0.270. The maximum absolute atomic E-state index is 13.6. The Morgan fingerprint density at radius 2 is 1.94 bits per heavy atom. The molecule has 2 rings (SSSR count). The highest BCUT2D eigenvalue weighted by Gasteiger charge is 2.25. The van der Waals surface area contributed by atoms with Crippen LogP contribution in [0.4, 0.5) is 4.39 Å². The highest BCUT2D eigenvalue weighted by atomic mass is 79.9. The highest BCUT2D eigenvalue weighted by molar-refractivity contribution is 9.10. The number of rotatable bonds is 2. The van der Waals surface area contributed by atoms with Crippen molar-refractivity contribution in [3.8, 4) is 0 Å². The fourth-order valence-electron chi connectivity index (χ4n) is 2.34. The van der Waals surface area contributed by atoms with Gasteiger partial charge in [-0.05, 0) is 37.0 Å². The van der Waals surface area contributed by atoms with Crippen molar-refractivity contribution in [1.29, 1.82) is 0 Å². The van der Waals surface area contributed by atoms with Crippen LogP contribution in [0.15, 0.2) is 22.7 Å². The van der Waals surface area contributed by atoms with Crippen molar-refractivity contribution in [2.24, 2.45) is 11.7 Å². The van der Waals surface area contributed by atoms with Gasteiger partial charge in [-0.25, -0.2) is 4.39 Å². The lowest BCUT2D eigenvalue weighted by Crippen LogP contribution is -2.20. The van der Waals surface area contributed by atoms with E-state index < -0.39 is 0 Å². The topological polar surface area (TPSA) is 26.0 Å². The second-order valence-electron chi connectivity index (χ2n) is 4.24. The molecule has 4 heteroatoms. The molecule has 0 spiro atoms. The number of hydrogen-bond acceptors (Lipinski definition) is 1. The standard InChI is InChI=1S/C12H15BrFN.ClH/c13-9-5-6-11(14)10(7-9)12(15)8-3-1-2-4-8;/h5-8,12H,1-4,15H2;1H/t12-;/m1./s1. The van der Waals surface area contributed by atoms with E-state index in [1.807, 2.05) is 0 Å². The Labute approximate surface area is 110 Å². The van der Waals surface area contributed by atoms with E-state index in [-0.39, 0.29) is 24.3 Å².